The number of amides is 1. The highest BCUT2D eigenvalue weighted by atomic mass is 32.2. The topological polar surface area (TPSA) is 110 Å². The van der Waals surface area contributed by atoms with Crippen molar-refractivity contribution in [2.75, 3.05) is 16.2 Å². The maximum atomic E-state index is 12.7. The number of carbonyl (C=O) groups excluding carboxylic acids is 1. The molecule has 3 rings (SSSR count). The SMILES string of the molecule is CC(C)C(=O)N1CCCc2ccc(NS(=O)(=O)c3ccccc3[N+](=O)[O-])cc21. The van der Waals surface area contributed by atoms with Crippen LogP contribution < -0.4 is 9.62 Å². The molecule has 1 amide bonds. The molecular formula is C19H21N3O5S. The minimum atomic E-state index is -4.16. The molecule has 2 aromatic carbocycles. The third-order valence-corrected chi connectivity index (χ3v) is 6.00. The fourth-order valence-electron chi connectivity index (χ4n) is 3.22. The van der Waals surface area contributed by atoms with Gasteiger partial charge in [0.15, 0.2) is 4.90 Å². The van der Waals surface area contributed by atoms with Gasteiger partial charge in [-0.15, -0.1) is 0 Å². The number of nitro groups is 1. The van der Waals surface area contributed by atoms with Gasteiger partial charge in [-0.2, -0.15) is 0 Å². The van der Waals surface area contributed by atoms with E-state index in [1.165, 1.54) is 18.2 Å². The predicted octanol–water partition coefficient (Wildman–Crippen LogP) is 3.33. The van der Waals surface area contributed by atoms with Gasteiger partial charge in [0.25, 0.3) is 15.7 Å². The fraction of sp³-hybridized carbons (Fsp3) is 0.316. The largest absolute Gasteiger partial charge is 0.312 e. The summed E-state index contributed by atoms with van der Waals surface area (Å²) in [4.78, 5) is 24.2. The lowest BCUT2D eigenvalue weighted by molar-refractivity contribution is -0.387. The highest BCUT2D eigenvalue weighted by Gasteiger charge is 2.27. The van der Waals surface area contributed by atoms with E-state index >= 15 is 0 Å². The summed E-state index contributed by atoms with van der Waals surface area (Å²) in [6, 6.07) is 10.2. The number of rotatable bonds is 5. The standard InChI is InChI=1S/C19H21N3O5S/c1-13(2)19(23)21-11-5-6-14-9-10-15(12-17(14)21)20-28(26,27)18-8-4-3-7-16(18)22(24)25/h3-4,7-10,12-13,20H,5-6,11H2,1-2H3. The van der Waals surface area contributed by atoms with Crippen molar-refractivity contribution in [1.82, 2.24) is 0 Å². The van der Waals surface area contributed by atoms with Gasteiger partial charge in [0.1, 0.15) is 0 Å². The number of para-hydroxylation sites is 1. The maximum Gasteiger partial charge on any atom is 0.289 e. The van der Waals surface area contributed by atoms with Crippen LogP contribution in [-0.4, -0.2) is 25.8 Å². The monoisotopic (exact) mass is 403 g/mol. The minimum absolute atomic E-state index is 0.0281. The van der Waals surface area contributed by atoms with Crippen LogP contribution >= 0.6 is 0 Å². The zero-order chi connectivity index (χ0) is 20.5. The molecule has 0 spiro atoms. The van der Waals surface area contributed by atoms with Gasteiger partial charge < -0.3 is 4.90 Å². The molecule has 0 bridgehead atoms. The summed E-state index contributed by atoms with van der Waals surface area (Å²) in [6.45, 7) is 4.21. The van der Waals surface area contributed by atoms with Crippen LogP contribution in [0.1, 0.15) is 25.8 Å². The van der Waals surface area contributed by atoms with E-state index in [0.29, 0.717) is 12.2 Å². The van der Waals surface area contributed by atoms with Crippen molar-refractivity contribution in [2.45, 2.75) is 31.6 Å². The first-order valence-electron chi connectivity index (χ1n) is 8.91. The van der Waals surface area contributed by atoms with E-state index in [2.05, 4.69) is 4.72 Å². The smallest absolute Gasteiger partial charge is 0.289 e. The Bertz CT molecular complexity index is 1030. The van der Waals surface area contributed by atoms with Crippen molar-refractivity contribution in [1.29, 1.82) is 0 Å². The van der Waals surface area contributed by atoms with E-state index in [4.69, 9.17) is 0 Å². The Balaban J connectivity index is 1.97. The number of anilines is 2. The Kier molecular flexibility index (Phi) is 5.37. The molecule has 0 unspecified atom stereocenters. The normalized spacial score (nSPS) is 13.9. The van der Waals surface area contributed by atoms with Gasteiger partial charge in [0, 0.05) is 24.2 Å². The van der Waals surface area contributed by atoms with Gasteiger partial charge in [-0.1, -0.05) is 32.0 Å². The first-order chi connectivity index (χ1) is 13.2. The molecule has 1 aliphatic rings. The number of benzene rings is 2. The number of hydrogen-bond donors (Lipinski definition) is 1. The lowest BCUT2D eigenvalue weighted by atomic mass is 9.99. The molecule has 8 nitrogen and oxygen atoms in total. The number of carbonyl (C=O) groups is 1. The average Bonchev–Trinajstić information content (AvgIpc) is 2.66. The first-order valence-corrected chi connectivity index (χ1v) is 10.4. The molecule has 0 radical (unpaired) electrons. The van der Waals surface area contributed by atoms with Crippen molar-refractivity contribution in [2.24, 2.45) is 5.92 Å². The Labute approximate surface area is 163 Å². The lowest BCUT2D eigenvalue weighted by Crippen LogP contribution is -2.38. The van der Waals surface area contributed by atoms with E-state index < -0.39 is 25.5 Å². The summed E-state index contributed by atoms with van der Waals surface area (Å²) in [5, 5.41) is 11.2. The van der Waals surface area contributed by atoms with Crippen molar-refractivity contribution in [3.63, 3.8) is 0 Å². The van der Waals surface area contributed by atoms with E-state index in [1.54, 1.807) is 23.1 Å². The predicted molar refractivity (Wildman–Crippen MR) is 106 cm³/mol. The van der Waals surface area contributed by atoms with E-state index in [-0.39, 0.29) is 17.5 Å². The summed E-state index contributed by atoms with van der Waals surface area (Å²) >= 11 is 0. The second-order valence-electron chi connectivity index (χ2n) is 6.92. The van der Waals surface area contributed by atoms with Crippen LogP contribution in [0.25, 0.3) is 0 Å². The Morgan fingerprint density at radius 1 is 1.21 bits per heavy atom. The molecule has 1 N–H and O–H groups in total. The van der Waals surface area contributed by atoms with Gasteiger partial charge in [0.05, 0.1) is 10.6 Å². The zero-order valence-corrected chi connectivity index (χ0v) is 16.4. The fourth-order valence-corrected chi connectivity index (χ4v) is 4.45. The van der Waals surface area contributed by atoms with Gasteiger partial charge in [-0.3, -0.25) is 19.6 Å². The Morgan fingerprint density at radius 2 is 1.93 bits per heavy atom. The quantitative estimate of drug-likeness (QED) is 0.608. The molecule has 0 fully saturated rings. The molecule has 0 saturated carbocycles. The van der Waals surface area contributed by atoms with Crippen molar-refractivity contribution < 1.29 is 18.1 Å². The second-order valence-corrected chi connectivity index (χ2v) is 8.57. The number of fused-ring (bicyclic) bond motifs is 1. The van der Waals surface area contributed by atoms with Crippen LogP contribution in [0, 0.1) is 16.0 Å². The number of nitrogens with zero attached hydrogens (tertiary/aromatic N) is 2. The molecule has 28 heavy (non-hydrogen) atoms. The maximum absolute atomic E-state index is 12.7. The summed E-state index contributed by atoms with van der Waals surface area (Å²) in [7, 11) is -4.16. The van der Waals surface area contributed by atoms with Crippen LogP contribution in [-0.2, 0) is 21.2 Å². The third kappa shape index (κ3) is 3.84. The van der Waals surface area contributed by atoms with Gasteiger partial charge in [-0.25, -0.2) is 8.42 Å². The number of nitro benzene ring substituents is 1. The highest BCUT2D eigenvalue weighted by Crippen LogP contribution is 2.32. The summed E-state index contributed by atoms with van der Waals surface area (Å²) in [5.74, 6) is -0.210. The molecule has 1 aliphatic heterocycles. The number of nitrogens with one attached hydrogen (secondary N) is 1. The minimum Gasteiger partial charge on any atom is -0.312 e. The number of hydrogen-bond acceptors (Lipinski definition) is 5. The highest BCUT2D eigenvalue weighted by molar-refractivity contribution is 7.92. The Morgan fingerprint density at radius 3 is 2.61 bits per heavy atom. The first kappa shape index (κ1) is 19.8. The molecule has 148 valence electrons. The van der Waals surface area contributed by atoms with E-state index in [1.807, 2.05) is 13.8 Å². The van der Waals surface area contributed by atoms with E-state index in [0.717, 1.165) is 24.5 Å². The average molecular weight is 403 g/mol. The zero-order valence-electron chi connectivity index (χ0n) is 15.6. The van der Waals surface area contributed by atoms with E-state index in [9.17, 15) is 23.3 Å². The van der Waals surface area contributed by atoms with Crippen LogP contribution in [0.15, 0.2) is 47.4 Å². The molecular weight excluding hydrogens is 382 g/mol. The molecule has 0 aliphatic carbocycles. The lowest BCUT2D eigenvalue weighted by Gasteiger charge is -2.31. The van der Waals surface area contributed by atoms with Crippen LogP contribution in [0.2, 0.25) is 0 Å². The van der Waals surface area contributed by atoms with Crippen molar-refractivity contribution in [3.8, 4) is 0 Å². The van der Waals surface area contributed by atoms with Crippen LogP contribution in [0.5, 0.6) is 0 Å². The van der Waals surface area contributed by atoms with Crippen LogP contribution in [0.3, 0.4) is 0 Å². The summed E-state index contributed by atoms with van der Waals surface area (Å²) in [6.07, 6.45) is 1.64. The summed E-state index contributed by atoms with van der Waals surface area (Å²) in [5.41, 5.74) is 1.39. The second kappa shape index (κ2) is 7.59. The van der Waals surface area contributed by atoms with Gasteiger partial charge in [0.2, 0.25) is 5.91 Å². The number of aryl methyl sites for hydroxylation is 1. The van der Waals surface area contributed by atoms with Gasteiger partial charge in [-0.05, 0) is 36.6 Å². The molecule has 9 heteroatoms. The summed E-state index contributed by atoms with van der Waals surface area (Å²) < 4.78 is 27.8. The Hall–Kier alpha value is -2.94. The molecule has 2 aromatic rings. The third-order valence-electron chi connectivity index (χ3n) is 4.57. The molecule has 0 saturated heterocycles. The van der Waals surface area contributed by atoms with Crippen LogP contribution in [0.4, 0.5) is 17.1 Å². The molecule has 1 heterocycles. The molecule has 0 atom stereocenters. The van der Waals surface area contributed by atoms with Crippen molar-refractivity contribution >= 4 is 33.0 Å². The molecule has 0 aromatic heterocycles. The van der Waals surface area contributed by atoms with Gasteiger partial charge >= 0.3 is 0 Å². The number of sulfonamides is 1. The van der Waals surface area contributed by atoms with Crippen molar-refractivity contribution in [3.05, 3.63) is 58.1 Å².